The van der Waals surface area contributed by atoms with Crippen LogP contribution in [0.25, 0.3) is 0 Å². The normalized spacial score (nSPS) is 16.2. The number of carbonyl (C=O) groups is 1. The second kappa shape index (κ2) is 5.08. The molecule has 1 aromatic rings. The number of anilines is 1. The molecular formula is C13H16BrNO2. The van der Waals surface area contributed by atoms with Gasteiger partial charge in [-0.25, -0.2) is 0 Å². The van der Waals surface area contributed by atoms with Gasteiger partial charge in [0.2, 0.25) is 5.91 Å². The maximum atomic E-state index is 11.4. The molecule has 1 atom stereocenters. The van der Waals surface area contributed by atoms with Crippen molar-refractivity contribution >= 4 is 27.5 Å². The molecule has 0 spiro atoms. The molecular weight excluding hydrogens is 282 g/mol. The highest BCUT2D eigenvalue weighted by Gasteiger charge is 2.23. The highest BCUT2D eigenvalue weighted by Crippen LogP contribution is 2.40. The van der Waals surface area contributed by atoms with E-state index in [1.807, 2.05) is 6.07 Å². The Morgan fingerprint density at radius 2 is 2.24 bits per heavy atom. The van der Waals surface area contributed by atoms with Crippen LogP contribution in [0.2, 0.25) is 0 Å². The van der Waals surface area contributed by atoms with Gasteiger partial charge in [-0.15, -0.1) is 0 Å². The van der Waals surface area contributed by atoms with Crippen molar-refractivity contribution < 1.29 is 9.90 Å². The summed E-state index contributed by atoms with van der Waals surface area (Å²) in [6, 6.07) is 3.60. The van der Waals surface area contributed by atoms with E-state index >= 15 is 0 Å². The second-order valence-electron chi connectivity index (χ2n) is 4.33. The topological polar surface area (TPSA) is 49.3 Å². The summed E-state index contributed by atoms with van der Waals surface area (Å²) in [7, 11) is 0. The van der Waals surface area contributed by atoms with Crippen molar-refractivity contribution in [2.75, 3.05) is 5.32 Å². The van der Waals surface area contributed by atoms with Gasteiger partial charge in [0, 0.05) is 11.2 Å². The molecule has 1 aliphatic rings. The molecule has 1 aromatic carbocycles. The zero-order valence-corrected chi connectivity index (χ0v) is 11.4. The number of phenolic OH excluding ortho intramolecular Hbond substituents is 1. The van der Waals surface area contributed by atoms with Crippen molar-refractivity contribution in [2.24, 2.45) is 0 Å². The third-order valence-electron chi connectivity index (χ3n) is 3.07. The van der Waals surface area contributed by atoms with Crippen molar-refractivity contribution in [1.82, 2.24) is 0 Å². The van der Waals surface area contributed by atoms with Crippen molar-refractivity contribution in [3.8, 4) is 5.75 Å². The zero-order chi connectivity index (χ0) is 12.4. The molecule has 1 unspecified atom stereocenters. The van der Waals surface area contributed by atoms with Gasteiger partial charge >= 0.3 is 0 Å². The Kier molecular flexibility index (Phi) is 3.72. The Balaban J connectivity index is 2.42. The fourth-order valence-electron chi connectivity index (χ4n) is 2.20. The van der Waals surface area contributed by atoms with Crippen LogP contribution < -0.4 is 5.32 Å². The molecule has 17 heavy (non-hydrogen) atoms. The van der Waals surface area contributed by atoms with E-state index in [-0.39, 0.29) is 16.5 Å². The van der Waals surface area contributed by atoms with Crippen LogP contribution in [0.3, 0.4) is 0 Å². The van der Waals surface area contributed by atoms with E-state index in [0.29, 0.717) is 18.5 Å². The molecule has 1 aliphatic heterocycles. The molecule has 1 heterocycles. The number of carbonyl (C=O) groups excluding carboxylic acids is 1. The van der Waals surface area contributed by atoms with Crippen LogP contribution in [-0.4, -0.2) is 11.0 Å². The minimum absolute atomic E-state index is 0.0217. The molecule has 0 radical (unpaired) electrons. The molecule has 1 amide bonds. The summed E-state index contributed by atoms with van der Waals surface area (Å²) in [5.74, 6) is 0.138. The quantitative estimate of drug-likeness (QED) is 0.662. The molecule has 0 aromatic heterocycles. The van der Waals surface area contributed by atoms with Crippen LogP contribution in [0, 0.1) is 0 Å². The molecule has 92 valence electrons. The summed E-state index contributed by atoms with van der Waals surface area (Å²) in [5.41, 5.74) is 2.85. The van der Waals surface area contributed by atoms with E-state index < -0.39 is 0 Å². The van der Waals surface area contributed by atoms with Crippen LogP contribution in [-0.2, 0) is 11.2 Å². The number of benzene rings is 1. The third kappa shape index (κ3) is 2.46. The summed E-state index contributed by atoms with van der Waals surface area (Å²) in [4.78, 5) is 11.6. The lowest BCUT2D eigenvalue weighted by Crippen LogP contribution is -2.20. The fourth-order valence-corrected chi connectivity index (χ4v) is 3.09. The van der Waals surface area contributed by atoms with E-state index in [1.165, 1.54) is 5.56 Å². The lowest BCUT2D eigenvalue weighted by Gasteiger charge is -2.23. The third-order valence-corrected chi connectivity index (χ3v) is 4.02. The minimum atomic E-state index is -0.0217. The van der Waals surface area contributed by atoms with Gasteiger partial charge in [0.25, 0.3) is 0 Å². The lowest BCUT2D eigenvalue weighted by atomic mass is 9.93. The molecule has 0 saturated heterocycles. The molecule has 0 aliphatic carbocycles. The number of hydrogen-bond donors (Lipinski definition) is 2. The molecule has 0 fully saturated rings. The predicted octanol–water partition coefficient (Wildman–Crippen LogP) is 3.51. The minimum Gasteiger partial charge on any atom is -0.506 e. The van der Waals surface area contributed by atoms with Gasteiger partial charge in [0.1, 0.15) is 5.75 Å². The van der Waals surface area contributed by atoms with Crippen molar-refractivity contribution in [3.63, 3.8) is 0 Å². The van der Waals surface area contributed by atoms with Crippen LogP contribution in [0.5, 0.6) is 5.75 Å². The summed E-state index contributed by atoms with van der Waals surface area (Å²) in [6.07, 6.45) is 3.34. The molecule has 4 heteroatoms. The molecule has 0 bridgehead atoms. The zero-order valence-electron chi connectivity index (χ0n) is 9.79. The van der Waals surface area contributed by atoms with Gasteiger partial charge in [-0.1, -0.05) is 35.3 Å². The molecule has 2 rings (SSSR count). The van der Waals surface area contributed by atoms with Gasteiger partial charge < -0.3 is 10.4 Å². The van der Waals surface area contributed by atoms with E-state index in [4.69, 9.17) is 0 Å². The number of aromatic hydroxyl groups is 1. The number of rotatable bonds is 3. The van der Waals surface area contributed by atoms with Crippen LogP contribution in [0.4, 0.5) is 5.69 Å². The van der Waals surface area contributed by atoms with Crippen molar-refractivity contribution in [2.45, 2.75) is 37.4 Å². The summed E-state index contributed by atoms with van der Waals surface area (Å²) >= 11 is 3.67. The standard InChI is InChI=1S/C13H16BrNO2/c1-2-3-10(14)8-4-6-11(16)13-9(8)5-7-12(17)15-13/h4,6,10,16H,2-3,5,7H2,1H3,(H,15,17). The van der Waals surface area contributed by atoms with E-state index in [2.05, 4.69) is 28.2 Å². The molecule has 3 nitrogen and oxygen atoms in total. The second-order valence-corrected chi connectivity index (χ2v) is 5.44. The average molecular weight is 298 g/mol. The average Bonchev–Trinajstić information content (AvgIpc) is 2.30. The Morgan fingerprint density at radius 3 is 2.94 bits per heavy atom. The molecule has 0 saturated carbocycles. The van der Waals surface area contributed by atoms with E-state index in [9.17, 15) is 9.90 Å². The first-order chi connectivity index (χ1) is 8.13. The fraction of sp³-hybridized carbons (Fsp3) is 0.462. The summed E-state index contributed by atoms with van der Waals surface area (Å²) in [5, 5.41) is 12.5. The van der Waals surface area contributed by atoms with Crippen LogP contribution >= 0.6 is 15.9 Å². The smallest absolute Gasteiger partial charge is 0.224 e. The van der Waals surface area contributed by atoms with Crippen molar-refractivity contribution in [1.29, 1.82) is 0 Å². The number of fused-ring (bicyclic) bond motifs is 1. The van der Waals surface area contributed by atoms with Gasteiger partial charge in [0.15, 0.2) is 0 Å². The van der Waals surface area contributed by atoms with Gasteiger partial charge in [-0.3, -0.25) is 4.79 Å². The van der Waals surface area contributed by atoms with E-state index in [1.54, 1.807) is 6.07 Å². The Morgan fingerprint density at radius 1 is 1.47 bits per heavy atom. The monoisotopic (exact) mass is 297 g/mol. The predicted molar refractivity (Wildman–Crippen MR) is 71.6 cm³/mol. The van der Waals surface area contributed by atoms with E-state index in [0.717, 1.165) is 18.4 Å². The number of hydrogen-bond acceptors (Lipinski definition) is 2. The van der Waals surface area contributed by atoms with Crippen LogP contribution in [0.15, 0.2) is 12.1 Å². The maximum absolute atomic E-state index is 11.4. The highest BCUT2D eigenvalue weighted by molar-refractivity contribution is 9.09. The SMILES string of the molecule is CCCC(Br)c1ccc(O)c2c1CCC(=O)N2. The maximum Gasteiger partial charge on any atom is 0.224 e. The van der Waals surface area contributed by atoms with Gasteiger partial charge in [-0.05, 0) is 30.0 Å². The Bertz CT molecular complexity index is 445. The highest BCUT2D eigenvalue weighted by atomic mass is 79.9. The number of nitrogens with one attached hydrogen (secondary N) is 1. The molecule has 2 N–H and O–H groups in total. The first-order valence-electron chi connectivity index (χ1n) is 5.92. The largest absolute Gasteiger partial charge is 0.506 e. The van der Waals surface area contributed by atoms with Gasteiger partial charge in [0.05, 0.1) is 5.69 Å². The number of phenols is 1. The summed E-state index contributed by atoms with van der Waals surface area (Å²) in [6.45, 7) is 2.14. The summed E-state index contributed by atoms with van der Waals surface area (Å²) < 4.78 is 0. The lowest BCUT2D eigenvalue weighted by molar-refractivity contribution is -0.116. The van der Waals surface area contributed by atoms with Crippen LogP contribution in [0.1, 0.15) is 42.1 Å². The van der Waals surface area contributed by atoms with Crippen molar-refractivity contribution in [3.05, 3.63) is 23.3 Å². The Labute approximate surface area is 109 Å². The first-order valence-corrected chi connectivity index (χ1v) is 6.83. The first kappa shape index (κ1) is 12.4. The number of amides is 1. The Hall–Kier alpha value is -1.03. The number of alkyl halides is 1. The number of halogens is 1. The van der Waals surface area contributed by atoms with Gasteiger partial charge in [-0.2, -0.15) is 0 Å².